The molecule has 0 aromatic carbocycles. The lowest BCUT2D eigenvalue weighted by atomic mass is 9.78. The van der Waals surface area contributed by atoms with Gasteiger partial charge in [-0.2, -0.15) is 0 Å². The van der Waals surface area contributed by atoms with Crippen molar-refractivity contribution in [1.29, 1.82) is 0 Å². The Kier molecular flexibility index (Phi) is 6.28. The highest BCUT2D eigenvalue weighted by Crippen LogP contribution is 2.41. The molecule has 1 spiro atoms. The normalized spacial score (nSPS) is 18.1. The summed E-state index contributed by atoms with van der Waals surface area (Å²) in [5.74, 6) is 2.04. The van der Waals surface area contributed by atoms with Gasteiger partial charge >= 0.3 is 6.09 Å². The van der Waals surface area contributed by atoms with E-state index in [9.17, 15) is 4.79 Å². The van der Waals surface area contributed by atoms with Crippen molar-refractivity contribution < 1.29 is 9.53 Å². The van der Waals surface area contributed by atoms with Gasteiger partial charge in [0.25, 0.3) is 0 Å². The smallest absolute Gasteiger partial charge is 0.415 e. The van der Waals surface area contributed by atoms with Crippen LogP contribution in [-0.4, -0.2) is 76.8 Å². The quantitative estimate of drug-likeness (QED) is 0.536. The highest BCUT2D eigenvalue weighted by molar-refractivity contribution is 5.95. The summed E-state index contributed by atoms with van der Waals surface area (Å²) in [4.78, 5) is 37.5. The van der Waals surface area contributed by atoms with Crippen LogP contribution in [0.5, 0.6) is 0 Å². The van der Waals surface area contributed by atoms with Crippen LogP contribution in [0.25, 0.3) is 22.3 Å². The van der Waals surface area contributed by atoms with Crippen molar-refractivity contribution in [2.45, 2.75) is 45.6 Å². The number of hydrogen-bond donors (Lipinski definition) is 0. The summed E-state index contributed by atoms with van der Waals surface area (Å²) >= 11 is 0. The van der Waals surface area contributed by atoms with Crippen molar-refractivity contribution in [3.8, 4) is 11.4 Å². The molecule has 5 rings (SSSR count). The van der Waals surface area contributed by atoms with Gasteiger partial charge in [-0.1, -0.05) is 0 Å². The van der Waals surface area contributed by atoms with E-state index in [2.05, 4.69) is 26.8 Å². The van der Waals surface area contributed by atoms with Gasteiger partial charge in [0.05, 0.1) is 11.7 Å². The molecule has 5 heterocycles. The molecule has 2 aliphatic rings. The number of fused-ring (bicyclic) bond motifs is 1. The molecule has 0 unspecified atom stereocenters. The number of nitrogens with zero attached hydrogens (tertiary/aromatic N) is 7. The van der Waals surface area contributed by atoms with E-state index in [1.165, 1.54) is 24.4 Å². The van der Waals surface area contributed by atoms with E-state index >= 15 is 0 Å². The number of hydrogen-bond acceptors (Lipinski definition) is 8. The monoisotopic (exact) mass is 489 g/mol. The van der Waals surface area contributed by atoms with Gasteiger partial charge in [-0.25, -0.2) is 19.7 Å². The van der Waals surface area contributed by atoms with Crippen LogP contribution < -0.4 is 9.80 Å². The highest BCUT2D eigenvalue weighted by atomic mass is 16.6. The average Bonchev–Trinajstić information content (AvgIpc) is 3.22. The second-order valence-electron chi connectivity index (χ2n) is 11.2. The predicted octanol–water partition coefficient (Wildman–Crippen LogP) is 4.38. The predicted molar refractivity (Wildman–Crippen MR) is 141 cm³/mol. The molecule has 36 heavy (non-hydrogen) atoms. The Bertz CT molecular complexity index is 1250. The summed E-state index contributed by atoms with van der Waals surface area (Å²) in [6.45, 7) is 9.78. The molecule has 0 saturated carbocycles. The molecule has 9 nitrogen and oxygen atoms in total. The molecule has 190 valence electrons. The third-order valence-electron chi connectivity index (χ3n) is 7.25. The van der Waals surface area contributed by atoms with Crippen LogP contribution in [0.1, 0.15) is 40.0 Å². The number of anilines is 2. The molecular weight excluding hydrogens is 454 g/mol. The SMILES string of the molecule is CN1CCC2(CCN(c3nc(-c4ccncc4)nc4cnc(N(C)C(=O)OC(C)(C)C)cc34)CC2)C1. The van der Waals surface area contributed by atoms with Crippen LogP contribution in [0.4, 0.5) is 16.4 Å². The number of carbonyl (C=O) groups is 1. The molecule has 0 radical (unpaired) electrons. The van der Waals surface area contributed by atoms with Crippen LogP contribution in [0.15, 0.2) is 36.8 Å². The first-order chi connectivity index (χ1) is 17.1. The Morgan fingerprint density at radius 3 is 2.42 bits per heavy atom. The van der Waals surface area contributed by atoms with Gasteiger partial charge in [0.15, 0.2) is 5.82 Å². The maximum atomic E-state index is 12.7. The number of ether oxygens (including phenoxy) is 1. The first kappa shape index (κ1) is 24.4. The van der Waals surface area contributed by atoms with Crippen LogP contribution in [0.3, 0.4) is 0 Å². The zero-order valence-corrected chi connectivity index (χ0v) is 21.9. The molecule has 1 amide bonds. The average molecular weight is 490 g/mol. The first-order valence-corrected chi connectivity index (χ1v) is 12.6. The highest BCUT2D eigenvalue weighted by Gasteiger charge is 2.40. The van der Waals surface area contributed by atoms with Crippen molar-refractivity contribution in [3.63, 3.8) is 0 Å². The van der Waals surface area contributed by atoms with Crippen molar-refractivity contribution in [2.24, 2.45) is 5.41 Å². The van der Waals surface area contributed by atoms with Gasteiger partial charge in [-0.05, 0) is 77.2 Å². The lowest BCUT2D eigenvalue weighted by molar-refractivity contribution is 0.0588. The molecule has 9 heteroatoms. The third kappa shape index (κ3) is 4.97. The van der Waals surface area contributed by atoms with E-state index in [4.69, 9.17) is 14.7 Å². The van der Waals surface area contributed by atoms with E-state index in [-0.39, 0.29) is 0 Å². The fraction of sp³-hybridized carbons (Fsp3) is 0.519. The second kappa shape index (κ2) is 9.28. The number of amides is 1. The summed E-state index contributed by atoms with van der Waals surface area (Å²) in [6, 6.07) is 5.74. The summed E-state index contributed by atoms with van der Waals surface area (Å²) in [5.41, 5.74) is 1.47. The number of carbonyl (C=O) groups excluding carboxylic acids is 1. The van der Waals surface area contributed by atoms with Crippen LogP contribution in [0.2, 0.25) is 0 Å². The third-order valence-corrected chi connectivity index (χ3v) is 7.25. The van der Waals surface area contributed by atoms with Crippen LogP contribution in [0, 0.1) is 5.41 Å². The molecule has 2 saturated heterocycles. The van der Waals surface area contributed by atoms with Gasteiger partial charge in [0, 0.05) is 50.0 Å². The zero-order chi connectivity index (χ0) is 25.5. The fourth-order valence-electron chi connectivity index (χ4n) is 5.24. The fourth-order valence-corrected chi connectivity index (χ4v) is 5.24. The van der Waals surface area contributed by atoms with E-state index in [1.807, 2.05) is 39.0 Å². The van der Waals surface area contributed by atoms with E-state index in [0.717, 1.165) is 48.2 Å². The molecule has 2 aliphatic heterocycles. The maximum Gasteiger partial charge on any atom is 0.415 e. The molecule has 2 fully saturated rings. The summed E-state index contributed by atoms with van der Waals surface area (Å²) in [7, 11) is 3.89. The van der Waals surface area contributed by atoms with Gasteiger partial charge in [0.1, 0.15) is 17.2 Å². The Balaban J connectivity index is 1.52. The summed E-state index contributed by atoms with van der Waals surface area (Å²) in [5, 5.41) is 0.882. The minimum absolute atomic E-state index is 0.408. The van der Waals surface area contributed by atoms with Crippen molar-refractivity contribution in [1.82, 2.24) is 24.8 Å². The lowest BCUT2D eigenvalue weighted by Crippen LogP contribution is -2.41. The Labute approximate surface area is 212 Å². The largest absolute Gasteiger partial charge is 0.443 e. The van der Waals surface area contributed by atoms with E-state index < -0.39 is 11.7 Å². The molecule has 0 N–H and O–H groups in total. The van der Waals surface area contributed by atoms with Gasteiger partial charge < -0.3 is 14.5 Å². The molecule has 3 aromatic rings. The number of aromatic nitrogens is 4. The van der Waals surface area contributed by atoms with Crippen LogP contribution >= 0.6 is 0 Å². The number of likely N-dealkylation sites (tertiary alicyclic amines) is 1. The van der Waals surface area contributed by atoms with Gasteiger partial charge in [0.2, 0.25) is 0 Å². The van der Waals surface area contributed by atoms with Gasteiger partial charge in [-0.15, -0.1) is 0 Å². The molecule has 3 aromatic heterocycles. The lowest BCUT2D eigenvalue weighted by Gasteiger charge is -2.40. The van der Waals surface area contributed by atoms with E-state index in [0.29, 0.717) is 17.1 Å². The molecular formula is C27H35N7O2. The second-order valence-corrected chi connectivity index (χ2v) is 11.2. The van der Waals surface area contributed by atoms with Crippen molar-refractivity contribution >= 4 is 28.6 Å². The standard InChI is InChI=1S/C27H35N7O2/c1-26(2,3)36-25(35)33(5)22-16-20-21(17-29-22)30-23(19-6-11-28-12-7-19)31-24(20)34-14-9-27(10-15-34)8-13-32(4)18-27/h6-7,11-12,16-17H,8-10,13-15,18H2,1-5H3. The molecule has 0 aliphatic carbocycles. The van der Waals surface area contributed by atoms with Crippen molar-refractivity contribution in [2.75, 3.05) is 50.1 Å². The topological polar surface area (TPSA) is 87.6 Å². The summed E-state index contributed by atoms with van der Waals surface area (Å²) < 4.78 is 5.55. The minimum atomic E-state index is -0.589. The molecule has 0 bridgehead atoms. The Morgan fingerprint density at radius 1 is 1.08 bits per heavy atom. The zero-order valence-electron chi connectivity index (χ0n) is 21.9. The minimum Gasteiger partial charge on any atom is -0.443 e. The molecule has 0 atom stereocenters. The Morgan fingerprint density at radius 2 is 1.78 bits per heavy atom. The van der Waals surface area contributed by atoms with Crippen molar-refractivity contribution in [3.05, 3.63) is 36.8 Å². The first-order valence-electron chi connectivity index (χ1n) is 12.6. The Hall–Kier alpha value is -3.33. The number of pyridine rings is 2. The van der Waals surface area contributed by atoms with Gasteiger partial charge in [-0.3, -0.25) is 9.88 Å². The van der Waals surface area contributed by atoms with E-state index in [1.54, 1.807) is 25.6 Å². The maximum absolute atomic E-state index is 12.7. The number of rotatable bonds is 3. The summed E-state index contributed by atoms with van der Waals surface area (Å²) in [6.07, 6.45) is 8.32. The van der Waals surface area contributed by atoms with Crippen LogP contribution in [-0.2, 0) is 4.74 Å². The number of piperidine rings is 1.